The van der Waals surface area contributed by atoms with Gasteiger partial charge in [0.25, 0.3) is 0 Å². The summed E-state index contributed by atoms with van der Waals surface area (Å²) in [6, 6.07) is 2.31. The number of hydrogen-bond acceptors (Lipinski definition) is 4. The molecule has 2 rings (SSSR count). The van der Waals surface area contributed by atoms with Gasteiger partial charge in [-0.1, -0.05) is 6.92 Å². The van der Waals surface area contributed by atoms with E-state index in [1.54, 1.807) is 23.9 Å². The number of nitrogens with one attached hydrogen (secondary N) is 1. The van der Waals surface area contributed by atoms with Crippen molar-refractivity contribution in [2.24, 2.45) is 0 Å². The van der Waals surface area contributed by atoms with Crippen LogP contribution in [0, 0.1) is 6.92 Å². The van der Waals surface area contributed by atoms with Crippen LogP contribution in [0.5, 0.6) is 0 Å². The molecular formula is C12H16N2OS. The number of aromatic nitrogens is 1. The van der Waals surface area contributed by atoms with Gasteiger partial charge in [0, 0.05) is 29.1 Å². The fourth-order valence-electron chi connectivity index (χ4n) is 1.70. The number of likely N-dealkylation sites (N-methyl/N-ethyl adjacent to an activating group) is 1. The highest BCUT2D eigenvalue weighted by atomic mass is 32.1. The van der Waals surface area contributed by atoms with E-state index >= 15 is 0 Å². The largest absolute Gasteiger partial charge is 0.472 e. The zero-order chi connectivity index (χ0) is 11.4. The summed E-state index contributed by atoms with van der Waals surface area (Å²) in [6.45, 7) is 5.08. The van der Waals surface area contributed by atoms with Crippen molar-refractivity contribution in [1.82, 2.24) is 10.3 Å². The van der Waals surface area contributed by atoms with E-state index in [-0.39, 0.29) is 0 Å². The van der Waals surface area contributed by atoms with E-state index < -0.39 is 0 Å². The van der Waals surface area contributed by atoms with Crippen molar-refractivity contribution in [2.45, 2.75) is 26.3 Å². The summed E-state index contributed by atoms with van der Waals surface area (Å²) in [5.41, 5.74) is 2.29. The zero-order valence-corrected chi connectivity index (χ0v) is 10.4. The lowest BCUT2D eigenvalue weighted by Crippen LogP contribution is -2.22. The molecule has 1 atom stereocenters. The third-order valence-corrected chi connectivity index (χ3v) is 3.43. The van der Waals surface area contributed by atoms with E-state index in [1.807, 2.05) is 13.0 Å². The molecule has 0 aliphatic rings. The molecule has 0 saturated carbocycles. The highest BCUT2D eigenvalue weighted by Crippen LogP contribution is 2.20. The summed E-state index contributed by atoms with van der Waals surface area (Å²) in [7, 11) is 0. The predicted molar refractivity (Wildman–Crippen MR) is 65.7 cm³/mol. The van der Waals surface area contributed by atoms with Crippen molar-refractivity contribution in [3.8, 4) is 0 Å². The maximum atomic E-state index is 5.13. The predicted octanol–water partition coefficient (Wildman–Crippen LogP) is 2.94. The molecule has 0 amide bonds. The fourth-order valence-corrected chi connectivity index (χ4v) is 2.52. The highest BCUT2D eigenvalue weighted by Gasteiger charge is 2.13. The van der Waals surface area contributed by atoms with Crippen molar-refractivity contribution in [3.63, 3.8) is 0 Å². The monoisotopic (exact) mass is 236 g/mol. The molecule has 2 aromatic heterocycles. The van der Waals surface area contributed by atoms with Gasteiger partial charge < -0.3 is 9.73 Å². The summed E-state index contributed by atoms with van der Waals surface area (Å²) in [5.74, 6) is 0. The number of nitrogens with zero attached hydrogens (tertiary/aromatic N) is 1. The van der Waals surface area contributed by atoms with Crippen LogP contribution in [-0.4, -0.2) is 11.5 Å². The molecule has 16 heavy (non-hydrogen) atoms. The van der Waals surface area contributed by atoms with Crippen molar-refractivity contribution >= 4 is 11.3 Å². The molecule has 1 unspecified atom stereocenters. The number of hydrogen-bond donors (Lipinski definition) is 1. The van der Waals surface area contributed by atoms with E-state index in [9.17, 15) is 0 Å². The Kier molecular flexibility index (Phi) is 3.74. The van der Waals surface area contributed by atoms with Crippen LogP contribution in [0.3, 0.4) is 0 Å². The third kappa shape index (κ3) is 2.71. The van der Waals surface area contributed by atoms with Gasteiger partial charge >= 0.3 is 0 Å². The van der Waals surface area contributed by atoms with Crippen LogP contribution in [0.1, 0.15) is 29.2 Å². The van der Waals surface area contributed by atoms with Crippen LogP contribution < -0.4 is 5.32 Å². The molecule has 0 bridgehead atoms. The molecule has 0 spiro atoms. The van der Waals surface area contributed by atoms with Crippen molar-refractivity contribution in [3.05, 3.63) is 40.2 Å². The Bertz CT molecular complexity index is 422. The van der Waals surface area contributed by atoms with Crippen LogP contribution in [-0.2, 0) is 6.42 Å². The SMILES string of the molecule is CCNC(Cc1nc(C)cs1)c1ccoc1. The van der Waals surface area contributed by atoms with Crippen molar-refractivity contribution in [2.75, 3.05) is 6.54 Å². The lowest BCUT2D eigenvalue weighted by atomic mass is 10.1. The topological polar surface area (TPSA) is 38.1 Å². The standard InChI is InChI=1S/C12H16N2OS/c1-3-13-11(10-4-5-15-7-10)6-12-14-9(2)8-16-12/h4-5,7-8,11,13H,3,6H2,1-2H3. The summed E-state index contributed by atoms with van der Waals surface area (Å²) in [5, 5.41) is 6.71. The van der Waals surface area contributed by atoms with E-state index in [2.05, 4.69) is 22.6 Å². The van der Waals surface area contributed by atoms with Crippen LogP contribution in [0.2, 0.25) is 0 Å². The first-order valence-electron chi connectivity index (χ1n) is 5.46. The second-order valence-corrected chi connectivity index (χ2v) is 4.70. The average molecular weight is 236 g/mol. The minimum Gasteiger partial charge on any atom is -0.472 e. The molecule has 0 aromatic carbocycles. The molecule has 0 saturated heterocycles. The first-order valence-corrected chi connectivity index (χ1v) is 6.34. The summed E-state index contributed by atoms with van der Waals surface area (Å²) < 4.78 is 5.13. The van der Waals surface area contributed by atoms with Gasteiger partial charge in [0.05, 0.1) is 17.5 Å². The second-order valence-electron chi connectivity index (χ2n) is 3.75. The Hall–Kier alpha value is -1.13. The van der Waals surface area contributed by atoms with E-state index in [4.69, 9.17) is 4.42 Å². The maximum Gasteiger partial charge on any atom is 0.0950 e. The lowest BCUT2D eigenvalue weighted by molar-refractivity contribution is 0.524. The Labute approximate surface area is 99.5 Å². The van der Waals surface area contributed by atoms with Gasteiger partial charge in [-0.3, -0.25) is 0 Å². The quantitative estimate of drug-likeness (QED) is 0.867. The smallest absolute Gasteiger partial charge is 0.0950 e. The Morgan fingerprint density at radius 2 is 2.44 bits per heavy atom. The van der Waals surface area contributed by atoms with Gasteiger partial charge in [-0.15, -0.1) is 11.3 Å². The molecule has 0 aliphatic carbocycles. The zero-order valence-electron chi connectivity index (χ0n) is 9.56. The van der Waals surface area contributed by atoms with Gasteiger partial charge in [0.1, 0.15) is 0 Å². The average Bonchev–Trinajstić information content (AvgIpc) is 2.88. The van der Waals surface area contributed by atoms with E-state index in [1.165, 1.54) is 10.6 Å². The second kappa shape index (κ2) is 5.27. The lowest BCUT2D eigenvalue weighted by Gasteiger charge is -2.14. The molecular weight excluding hydrogens is 220 g/mol. The molecule has 0 fully saturated rings. The van der Waals surface area contributed by atoms with Crippen LogP contribution in [0.15, 0.2) is 28.4 Å². The van der Waals surface area contributed by atoms with Crippen molar-refractivity contribution in [1.29, 1.82) is 0 Å². The number of aryl methyl sites for hydroxylation is 1. The first kappa shape index (κ1) is 11.4. The normalized spacial score (nSPS) is 12.9. The van der Waals surface area contributed by atoms with E-state index in [0.717, 1.165) is 18.7 Å². The molecule has 0 radical (unpaired) electrons. The van der Waals surface area contributed by atoms with Gasteiger partial charge in [0.2, 0.25) is 0 Å². The summed E-state index contributed by atoms with van der Waals surface area (Å²) in [6.07, 6.45) is 4.44. The summed E-state index contributed by atoms with van der Waals surface area (Å²) in [4.78, 5) is 4.49. The molecule has 3 nitrogen and oxygen atoms in total. The maximum absolute atomic E-state index is 5.13. The minimum atomic E-state index is 0.300. The number of thiazole rings is 1. The van der Waals surface area contributed by atoms with Gasteiger partial charge in [-0.05, 0) is 19.5 Å². The fraction of sp³-hybridized carbons (Fsp3) is 0.417. The first-order chi connectivity index (χ1) is 7.79. The number of furan rings is 1. The molecule has 4 heteroatoms. The van der Waals surface area contributed by atoms with Crippen molar-refractivity contribution < 1.29 is 4.42 Å². The Morgan fingerprint density at radius 1 is 1.56 bits per heavy atom. The molecule has 2 heterocycles. The Balaban J connectivity index is 2.09. The molecule has 1 N–H and O–H groups in total. The van der Waals surface area contributed by atoms with Gasteiger partial charge in [0.15, 0.2) is 0 Å². The molecule has 2 aromatic rings. The number of rotatable bonds is 5. The molecule has 86 valence electrons. The van der Waals surface area contributed by atoms with Gasteiger partial charge in [-0.2, -0.15) is 0 Å². The highest BCUT2D eigenvalue weighted by molar-refractivity contribution is 7.09. The minimum absolute atomic E-state index is 0.300. The van der Waals surface area contributed by atoms with Crippen LogP contribution in [0.25, 0.3) is 0 Å². The van der Waals surface area contributed by atoms with Gasteiger partial charge in [-0.25, -0.2) is 4.98 Å². The van der Waals surface area contributed by atoms with Crippen LogP contribution >= 0.6 is 11.3 Å². The van der Waals surface area contributed by atoms with E-state index in [0.29, 0.717) is 6.04 Å². The summed E-state index contributed by atoms with van der Waals surface area (Å²) >= 11 is 1.72. The molecule has 0 aliphatic heterocycles. The third-order valence-electron chi connectivity index (χ3n) is 2.44. The Morgan fingerprint density at radius 3 is 3.00 bits per heavy atom. The van der Waals surface area contributed by atoms with Crippen LogP contribution in [0.4, 0.5) is 0 Å².